The van der Waals surface area contributed by atoms with Crippen molar-refractivity contribution < 1.29 is 23.8 Å². The number of amides is 1. The van der Waals surface area contributed by atoms with Crippen molar-refractivity contribution in [1.82, 2.24) is 4.90 Å². The Balaban J connectivity index is 1.55. The number of thioether (sulfide) groups is 1. The number of hydrogen-bond donors (Lipinski definition) is 1. The fourth-order valence-electron chi connectivity index (χ4n) is 3.75. The number of aliphatic imine (C=N–C) groups is 1. The Morgan fingerprint density at radius 2 is 1.94 bits per heavy atom. The summed E-state index contributed by atoms with van der Waals surface area (Å²) in [7, 11) is 1.52. The third-order valence-corrected chi connectivity index (χ3v) is 6.33. The number of methoxy groups -OCH3 is 1. The number of benzene rings is 2. The van der Waals surface area contributed by atoms with Crippen molar-refractivity contribution in [2.24, 2.45) is 4.99 Å². The van der Waals surface area contributed by atoms with Crippen LogP contribution >= 0.6 is 23.4 Å². The number of hydrogen-bond acceptors (Lipinski definition) is 8. The maximum absolute atomic E-state index is 12.8. The molecule has 1 atom stereocenters. The minimum absolute atomic E-state index is 0.211. The predicted octanol–water partition coefficient (Wildman–Crippen LogP) is 5.13. The lowest BCUT2D eigenvalue weighted by Gasteiger charge is -2.33. The molecule has 2 aromatic rings. The van der Waals surface area contributed by atoms with Crippen molar-refractivity contribution in [3.8, 4) is 11.5 Å². The van der Waals surface area contributed by atoms with Crippen LogP contribution in [0.2, 0.25) is 5.02 Å². The molecular formula is C25H24ClN3O5S. The Hall–Kier alpha value is -3.43. The van der Waals surface area contributed by atoms with E-state index in [1.807, 2.05) is 22.6 Å². The van der Waals surface area contributed by atoms with Crippen LogP contribution in [0.1, 0.15) is 25.5 Å². The van der Waals surface area contributed by atoms with Gasteiger partial charge in [0, 0.05) is 16.9 Å². The van der Waals surface area contributed by atoms with Gasteiger partial charge in [-0.1, -0.05) is 29.4 Å². The minimum Gasteiger partial charge on any atom is -0.493 e. The number of anilines is 1. The number of carbonyl (C=O) groups is 2. The van der Waals surface area contributed by atoms with E-state index >= 15 is 0 Å². The summed E-state index contributed by atoms with van der Waals surface area (Å²) < 4.78 is 16.6. The number of carbonyl (C=O) groups excluding carboxylic acids is 2. The molecule has 0 bridgehead atoms. The van der Waals surface area contributed by atoms with Gasteiger partial charge in [-0.3, -0.25) is 4.79 Å². The molecule has 0 saturated heterocycles. The highest BCUT2D eigenvalue weighted by Gasteiger charge is 2.37. The van der Waals surface area contributed by atoms with Crippen LogP contribution in [0, 0.1) is 0 Å². The van der Waals surface area contributed by atoms with Gasteiger partial charge in [-0.2, -0.15) is 0 Å². The summed E-state index contributed by atoms with van der Waals surface area (Å²) in [5, 5.41) is 6.03. The fraction of sp³-hybridized carbons (Fsp3) is 0.240. The second-order valence-electron chi connectivity index (χ2n) is 7.58. The molecule has 0 saturated carbocycles. The molecule has 0 radical (unpaired) electrons. The van der Waals surface area contributed by atoms with E-state index in [0.29, 0.717) is 33.5 Å². The number of ether oxygens (including phenoxy) is 3. The topological polar surface area (TPSA) is 89.5 Å². The first-order chi connectivity index (χ1) is 16.9. The number of rotatable bonds is 8. The van der Waals surface area contributed by atoms with E-state index in [4.69, 9.17) is 25.8 Å². The molecule has 10 heteroatoms. The quantitative estimate of drug-likeness (QED) is 0.489. The standard InChI is InChI=1S/C25H24ClN3O5S/c1-4-33-24(31)22-15(2)27-25-29(11-12-35-25)23(22)16-5-10-19(20(13-16)32-3)34-14-21(30)28-18-8-6-17(26)7-9-18/h5-13,23H,4,14H2,1-3H3,(H,28,30)/t23-/m1/s1. The lowest BCUT2D eigenvalue weighted by Crippen LogP contribution is -2.34. The molecule has 182 valence electrons. The van der Waals surface area contributed by atoms with E-state index in [9.17, 15) is 9.59 Å². The molecule has 4 rings (SSSR count). The molecule has 35 heavy (non-hydrogen) atoms. The average molecular weight is 514 g/mol. The van der Waals surface area contributed by atoms with Crippen molar-refractivity contribution in [2.45, 2.75) is 19.9 Å². The lowest BCUT2D eigenvalue weighted by atomic mass is 9.94. The number of amidine groups is 1. The van der Waals surface area contributed by atoms with E-state index in [1.165, 1.54) is 18.9 Å². The van der Waals surface area contributed by atoms with Crippen LogP contribution in [-0.4, -0.2) is 42.3 Å². The molecule has 1 amide bonds. The van der Waals surface area contributed by atoms with Gasteiger partial charge in [-0.25, -0.2) is 9.79 Å². The zero-order valence-electron chi connectivity index (χ0n) is 19.4. The summed E-state index contributed by atoms with van der Waals surface area (Å²) in [4.78, 5) is 31.7. The first-order valence-corrected chi connectivity index (χ1v) is 12.1. The number of halogens is 1. The van der Waals surface area contributed by atoms with Crippen LogP contribution < -0.4 is 14.8 Å². The second kappa shape index (κ2) is 10.9. The summed E-state index contributed by atoms with van der Waals surface area (Å²) in [6.45, 7) is 3.62. The third kappa shape index (κ3) is 5.47. The SMILES string of the molecule is CCOC(=O)C1=C(C)N=C2SC=CN2[C@@H]1c1ccc(OCC(=O)Nc2ccc(Cl)cc2)c(OC)c1. The summed E-state index contributed by atoms with van der Waals surface area (Å²) >= 11 is 7.36. The normalized spacial score (nSPS) is 16.5. The molecule has 0 spiro atoms. The smallest absolute Gasteiger partial charge is 0.338 e. The number of allylic oxidation sites excluding steroid dienone is 1. The van der Waals surface area contributed by atoms with Gasteiger partial charge in [-0.05, 0) is 61.2 Å². The summed E-state index contributed by atoms with van der Waals surface area (Å²) in [6, 6.07) is 11.7. The van der Waals surface area contributed by atoms with Crippen molar-refractivity contribution >= 4 is 46.1 Å². The lowest BCUT2D eigenvalue weighted by molar-refractivity contribution is -0.139. The van der Waals surface area contributed by atoms with Crippen molar-refractivity contribution in [3.63, 3.8) is 0 Å². The zero-order valence-corrected chi connectivity index (χ0v) is 21.0. The Bertz CT molecular complexity index is 1230. The molecule has 2 heterocycles. The first kappa shape index (κ1) is 24.7. The Kier molecular flexibility index (Phi) is 7.67. The van der Waals surface area contributed by atoms with Gasteiger partial charge < -0.3 is 24.4 Å². The average Bonchev–Trinajstić information content (AvgIpc) is 3.31. The molecule has 8 nitrogen and oxygen atoms in total. The van der Waals surface area contributed by atoms with Gasteiger partial charge in [0.15, 0.2) is 23.3 Å². The minimum atomic E-state index is -0.441. The fourth-order valence-corrected chi connectivity index (χ4v) is 4.66. The monoisotopic (exact) mass is 513 g/mol. The highest BCUT2D eigenvalue weighted by molar-refractivity contribution is 8.16. The number of nitrogens with zero attached hydrogens (tertiary/aromatic N) is 2. The Morgan fingerprint density at radius 1 is 1.17 bits per heavy atom. The summed E-state index contributed by atoms with van der Waals surface area (Å²) in [6.07, 6.45) is 1.89. The number of fused-ring (bicyclic) bond motifs is 1. The van der Waals surface area contributed by atoms with Gasteiger partial charge in [0.05, 0.1) is 31.0 Å². The van der Waals surface area contributed by atoms with Crippen LogP contribution in [0.3, 0.4) is 0 Å². The van der Waals surface area contributed by atoms with Crippen molar-refractivity contribution in [2.75, 3.05) is 25.6 Å². The van der Waals surface area contributed by atoms with Gasteiger partial charge in [0.25, 0.3) is 5.91 Å². The third-order valence-electron chi connectivity index (χ3n) is 5.31. The Labute approximate surface area is 212 Å². The molecular weight excluding hydrogens is 490 g/mol. The van der Waals surface area contributed by atoms with Crippen LogP contribution in [-0.2, 0) is 14.3 Å². The molecule has 2 aliphatic heterocycles. The Morgan fingerprint density at radius 3 is 2.66 bits per heavy atom. The van der Waals surface area contributed by atoms with Crippen LogP contribution in [0.5, 0.6) is 11.5 Å². The molecule has 2 aliphatic rings. The highest BCUT2D eigenvalue weighted by Crippen LogP contribution is 2.43. The highest BCUT2D eigenvalue weighted by atomic mass is 35.5. The number of nitrogens with one attached hydrogen (secondary N) is 1. The molecule has 0 fully saturated rings. The van der Waals surface area contributed by atoms with E-state index in [-0.39, 0.29) is 19.1 Å². The van der Waals surface area contributed by atoms with Gasteiger partial charge in [0.1, 0.15) is 0 Å². The molecule has 1 N–H and O–H groups in total. The second-order valence-corrected chi connectivity index (χ2v) is 8.89. The first-order valence-electron chi connectivity index (χ1n) is 10.9. The molecule has 0 aliphatic carbocycles. The summed E-state index contributed by atoms with van der Waals surface area (Å²) in [5.74, 6) is 0.0923. The number of esters is 1. The van der Waals surface area contributed by atoms with Gasteiger partial charge in [-0.15, -0.1) is 0 Å². The van der Waals surface area contributed by atoms with Gasteiger partial charge >= 0.3 is 5.97 Å². The van der Waals surface area contributed by atoms with Gasteiger partial charge in [0.2, 0.25) is 0 Å². The maximum Gasteiger partial charge on any atom is 0.338 e. The summed E-state index contributed by atoms with van der Waals surface area (Å²) in [5.41, 5.74) is 2.47. The molecule has 0 aromatic heterocycles. The molecule has 0 unspecified atom stereocenters. The van der Waals surface area contributed by atoms with E-state index in [1.54, 1.807) is 50.2 Å². The van der Waals surface area contributed by atoms with E-state index < -0.39 is 12.0 Å². The zero-order chi connectivity index (χ0) is 24.9. The largest absolute Gasteiger partial charge is 0.493 e. The van der Waals surface area contributed by atoms with E-state index in [2.05, 4.69) is 10.3 Å². The van der Waals surface area contributed by atoms with Crippen molar-refractivity contribution in [3.05, 3.63) is 75.9 Å². The van der Waals surface area contributed by atoms with Crippen LogP contribution in [0.15, 0.2) is 70.3 Å². The maximum atomic E-state index is 12.8. The van der Waals surface area contributed by atoms with E-state index in [0.717, 1.165) is 10.7 Å². The molecule has 2 aromatic carbocycles. The predicted molar refractivity (Wildman–Crippen MR) is 137 cm³/mol. The van der Waals surface area contributed by atoms with Crippen LogP contribution in [0.25, 0.3) is 0 Å². The van der Waals surface area contributed by atoms with Crippen molar-refractivity contribution in [1.29, 1.82) is 0 Å². The van der Waals surface area contributed by atoms with Crippen LogP contribution in [0.4, 0.5) is 5.69 Å².